The van der Waals surface area contributed by atoms with Crippen molar-refractivity contribution in [2.75, 3.05) is 4.72 Å². The molecular weight excluding hydrogens is 302 g/mol. The lowest BCUT2D eigenvalue weighted by Crippen LogP contribution is -2.22. The Morgan fingerprint density at radius 2 is 1.73 bits per heavy atom. The molecule has 0 heterocycles. The fourth-order valence-corrected chi connectivity index (χ4v) is 3.49. The van der Waals surface area contributed by atoms with Crippen LogP contribution >= 0.6 is 0 Å². The number of hydrogen-bond donors (Lipinski definition) is 1. The van der Waals surface area contributed by atoms with E-state index in [4.69, 9.17) is 0 Å². The van der Waals surface area contributed by atoms with E-state index < -0.39 is 16.0 Å². The molecule has 0 amide bonds. The van der Waals surface area contributed by atoms with Crippen LogP contribution in [0.5, 0.6) is 0 Å². The minimum atomic E-state index is -3.79. The van der Waals surface area contributed by atoms with Crippen LogP contribution in [0, 0.1) is 20.8 Å². The summed E-state index contributed by atoms with van der Waals surface area (Å²) in [5.74, 6) is -1.36. The van der Waals surface area contributed by atoms with E-state index in [2.05, 4.69) is 4.72 Å². The van der Waals surface area contributed by atoms with Crippen LogP contribution in [0.1, 0.15) is 27.0 Å². The van der Waals surface area contributed by atoms with Crippen LogP contribution < -0.4 is 9.83 Å². The van der Waals surface area contributed by atoms with Gasteiger partial charge in [-0.3, -0.25) is 4.72 Å². The third kappa shape index (κ3) is 3.12. The van der Waals surface area contributed by atoms with Gasteiger partial charge in [-0.05, 0) is 61.2 Å². The molecule has 22 heavy (non-hydrogen) atoms. The molecule has 0 aliphatic carbocycles. The molecule has 2 aromatic carbocycles. The molecular formula is C16H16NO4S-. The van der Waals surface area contributed by atoms with Gasteiger partial charge in [0.1, 0.15) is 0 Å². The van der Waals surface area contributed by atoms with Crippen molar-refractivity contribution in [2.45, 2.75) is 25.7 Å². The van der Waals surface area contributed by atoms with Gasteiger partial charge < -0.3 is 9.90 Å². The summed E-state index contributed by atoms with van der Waals surface area (Å²) < 4.78 is 27.4. The number of carbonyl (C=O) groups is 1. The molecule has 0 atom stereocenters. The van der Waals surface area contributed by atoms with Crippen molar-refractivity contribution in [3.05, 3.63) is 58.7 Å². The second-order valence-corrected chi connectivity index (χ2v) is 6.76. The Hall–Kier alpha value is -2.34. The van der Waals surface area contributed by atoms with Gasteiger partial charge in [0.2, 0.25) is 0 Å². The van der Waals surface area contributed by atoms with Crippen LogP contribution in [0.3, 0.4) is 0 Å². The summed E-state index contributed by atoms with van der Waals surface area (Å²) in [5, 5.41) is 10.8. The lowest BCUT2D eigenvalue weighted by Gasteiger charge is -2.14. The van der Waals surface area contributed by atoms with Crippen LogP contribution in [0.15, 0.2) is 41.3 Å². The van der Waals surface area contributed by atoms with Crippen LogP contribution in [0.25, 0.3) is 0 Å². The molecule has 2 rings (SSSR count). The van der Waals surface area contributed by atoms with Crippen LogP contribution in [-0.2, 0) is 10.0 Å². The van der Waals surface area contributed by atoms with E-state index in [0.717, 1.165) is 11.1 Å². The molecule has 0 fully saturated rings. The van der Waals surface area contributed by atoms with E-state index >= 15 is 0 Å². The Balaban J connectivity index is 2.42. The van der Waals surface area contributed by atoms with E-state index in [-0.39, 0.29) is 16.1 Å². The summed E-state index contributed by atoms with van der Waals surface area (Å²) >= 11 is 0. The number of carboxylic acid groups (broad SMARTS) is 1. The summed E-state index contributed by atoms with van der Waals surface area (Å²) in [4.78, 5) is 11.0. The average Bonchev–Trinajstić information content (AvgIpc) is 2.44. The predicted molar refractivity (Wildman–Crippen MR) is 82.2 cm³/mol. The number of benzene rings is 2. The van der Waals surface area contributed by atoms with E-state index in [1.165, 1.54) is 24.3 Å². The van der Waals surface area contributed by atoms with Crippen molar-refractivity contribution >= 4 is 21.7 Å². The fraction of sp³-hybridized carbons (Fsp3) is 0.188. The third-order valence-electron chi connectivity index (χ3n) is 3.65. The molecule has 0 unspecified atom stereocenters. The van der Waals surface area contributed by atoms with Gasteiger partial charge in [-0.15, -0.1) is 0 Å². The molecule has 2 aromatic rings. The summed E-state index contributed by atoms with van der Waals surface area (Å²) in [6, 6.07) is 8.80. The normalized spacial score (nSPS) is 11.2. The van der Waals surface area contributed by atoms with Gasteiger partial charge in [0.05, 0.1) is 10.9 Å². The van der Waals surface area contributed by atoms with E-state index in [9.17, 15) is 18.3 Å². The standard InChI is InChI=1S/C16H17NO4S/c1-10-7-8-15(12(3)11(10)2)22(20,21)17-14-6-4-5-13(9-14)16(18)19/h4-9,17H,1-3H3,(H,18,19)/p-1. The highest BCUT2D eigenvalue weighted by atomic mass is 32.2. The van der Waals surface area contributed by atoms with E-state index in [0.29, 0.717) is 5.56 Å². The number of aromatic carboxylic acids is 1. The summed E-state index contributed by atoms with van der Waals surface area (Å²) in [6.45, 7) is 5.52. The molecule has 0 saturated heterocycles. The zero-order chi connectivity index (χ0) is 16.5. The van der Waals surface area contributed by atoms with Crippen molar-refractivity contribution in [3.63, 3.8) is 0 Å². The number of anilines is 1. The summed E-state index contributed by atoms with van der Waals surface area (Å²) in [7, 11) is -3.79. The van der Waals surface area contributed by atoms with E-state index in [1.54, 1.807) is 19.1 Å². The maximum Gasteiger partial charge on any atom is 0.262 e. The molecule has 1 N–H and O–H groups in total. The highest BCUT2D eigenvalue weighted by Gasteiger charge is 2.18. The summed E-state index contributed by atoms with van der Waals surface area (Å²) in [6.07, 6.45) is 0. The van der Waals surface area contributed by atoms with Crippen LogP contribution in [-0.4, -0.2) is 14.4 Å². The fourth-order valence-electron chi connectivity index (χ4n) is 2.14. The summed E-state index contributed by atoms with van der Waals surface area (Å²) in [5.41, 5.74) is 2.68. The molecule has 0 aromatic heterocycles. The minimum Gasteiger partial charge on any atom is -0.545 e. The SMILES string of the molecule is Cc1ccc(S(=O)(=O)Nc2cccc(C(=O)[O-])c2)c(C)c1C. The van der Waals surface area contributed by atoms with Crippen molar-refractivity contribution < 1.29 is 18.3 Å². The first-order chi connectivity index (χ1) is 10.2. The molecule has 0 spiro atoms. The number of carbonyl (C=O) groups excluding carboxylic acids is 1. The van der Waals surface area contributed by atoms with E-state index in [1.807, 2.05) is 13.8 Å². The minimum absolute atomic E-state index is 0.0861. The first-order valence-corrected chi connectivity index (χ1v) is 8.12. The molecule has 6 heteroatoms. The van der Waals surface area contributed by atoms with Crippen molar-refractivity contribution in [1.82, 2.24) is 0 Å². The molecule has 0 aliphatic rings. The number of rotatable bonds is 4. The highest BCUT2D eigenvalue weighted by Crippen LogP contribution is 2.24. The number of carboxylic acids is 1. The highest BCUT2D eigenvalue weighted by molar-refractivity contribution is 7.92. The van der Waals surface area contributed by atoms with Crippen molar-refractivity contribution in [1.29, 1.82) is 0 Å². The second kappa shape index (κ2) is 5.81. The second-order valence-electron chi connectivity index (χ2n) is 5.10. The molecule has 0 radical (unpaired) electrons. The molecule has 116 valence electrons. The van der Waals surface area contributed by atoms with Gasteiger partial charge in [-0.2, -0.15) is 0 Å². The Bertz CT molecular complexity index is 841. The quantitative estimate of drug-likeness (QED) is 0.931. The van der Waals surface area contributed by atoms with Gasteiger partial charge in [-0.25, -0.2) is 8.42 Å². The average molecular weight is 318 g/mol. The van der Waals surface area contributed by atoms with Crippen molar-refractivity contribution in [2.24, 2.45) is 0 Å². The third-order valence-corrected chi connectivity index (χ3v) is 5.17. The molecule has 0 saturated carbocycles. The monoisotopic (exact) mass is 318 g/mol. The number of hydrogen-bond acceptors (Lipinski definition) is 4. The lowest BCUT2D eigenvalue weighted by atomic mass is 10.1. The largest absolute Gasteiger partial charge is 0.545 e. The van der Waals surface area contributed by atoms with Gasteiger partial charge in [0.15, 0.2) is 0 Å². The first kappa shape index (κ1) is 16.0. The van der Waals surface area contributed by atoms with Gasteiger partial charge >= 0.3 is 0 Å². The van der Waals surface area contributed by atoms with Crippen LogP contribution in [0.2, 0.25) is 0 Å². The topological polar surface area (TPSA) is 86.3 Å². The number of sulfonamides is 1. The number of nitrogens with one attached hydrogen (secondary N) is 1. The maximum atomic E-state index is 12.5. The smallest absolute Gasteiger partial charge is 0.262 e. The van der Waals surface area contributed by atoms with Gasteiger partial charge in [0, 0.05) is 5.69 Å². The molecule has 0 aliphatic heterocycles. The first-order valence-electron chi connectivity index (χ1n) is 6.63. The molecule has 5 nitrogen and oxygen atoms in total. The Morgan fingerprint density at radius 1 is 1.05 bits per heavy atom. The van der Waals surface area contributed by atoms with Gasteiger partial charge in [0.25, 0.3) is 10.0 Å². The predicted octanol–water partition coefficient (Wildman–Crippen LogP) is 1.78. The Labute approximate surface area is 129 Å². The molecule has 0 bridgehead atoms. The Kier molecular flexibility index (Phi) is 4.23. The van der Waals surface area contributed by atoms with Gasteiger partial charge in [-0.1, -0.05) is 18.2 Å². The van der Waals surface area contributed by atoms with Crippen LogP contribution in [0.4, 0.5) is 5.69 Å². The Morgan fingerprint density at radius 3 is 2.36 bits per heavy atom. The zero-order valence-corrected chi connectivity index (χ0v) is 13.3. The van der Waals surface area contributed by atoms with Crippen molar-refractivity contribution in [3.8, 4) is 0 Å². The zero-order valence-electron chi connectivity index (χ0n) is 12.5. The number of aryl methyl sites for hydroxylation is 1. The maximum absolute atomic E-state index is 12.5. The lowest BCUT2D eigenvalue weighted by molar-refractivity contribution is -0.255.